The lowest BCUT2D eigenvalue weighted by Crippen LogP contribution is -2.39. The molecule has 1 N–H and O–H groups in total. The quantitative estimate of drug-likeness (QED) is 0.862. The second kappa shape index (κ2) is 8.48. The first-order valence-corrected chi connectivity index (χ1v) is 7.90. The number of rotatable bonds is 6. The first-order valence-electron chi connectivity index (χ1n) is 7.52. The largest absolute Gasteiger partial charge is 0.387 e. The van der Waals surface area contributed by atoms with Gasteiger partial charge in [0, 0.05) is 38.3 Å². The van der Waals surface area contributed by atoms with Gasteiger partial charge >= 0.3 is 0 Å². The molecule has 2 rings (SSSR count). The lowest BCUT2D eigenvalue weighted by Gasteiger charge is -2.23. The van der Waals surface area contributed by atoms with Gasteiger partial charge < -0.3 is 14.7 Å². The van der Waals surface area contributed by atoms with E-state index in [1.807, 2.05) is 21.9 Å². The molecule has 0 spiro atoms. The van der Waals surface area contributed by atoms with Crippen LogP contribution in [0, 0.1) is 0 Å². The minimum atomic E-state index is -0.642. The highest BCUT2D eigenvalue weighted by Crippen LogP contribution is 2.19. The normalized spacial score (nSPS) is 18.3. The van der Waals surface area contributed by atoms with Crippen LogP contribution in [0.3, 0.4) is 0 Å². The van der Waals surface area contributed by atoms with Crippen LogP contribution in [0.25, 0.3) is 0 Å². The maximum Gasteiger partial charge on any atom is 0.236 e. The van der Waals surface area contributed by atoms with Crippen LogP contribution in [0.5, 0.6) is 0 Å². The van der Waals surface area contributed by atoms with Crippen molar-refractivity contribution in [1.82, 2.24) is 9.80 Å². The summed E-state index contributed by atoms with van der Waals surface area (Å²) in [6.07, 6.45) is 0.259. The molecule has 6 heteroatoms. The zero-order valence-corrected chi connectivity index (χ0v) is 13.6. The third kappa shape index (κ3) is 4.95. The van der Waals surface area contributed by atoms with Gasteiger partial charge in [0.25, 0.3) is 0 Å². The number of aliphatic hydroxyl groups is 1. The second-order valence-electron chi connectivity index (χ2n) is 5.53. The topological polar surface area (TPSA) is 53.0 Å². The molecule has 22 heavy (non-hydrogen) atoms. The van der Waals surface area contributed by atoms with Crippen molar-refractivity contribution in [1.29, 1.82) is 0 Å². The van der Waals surface area contributed by atoms with E-state index in [1.54, 1.807) is 19.2 Å². The Morgan fingerprint density at radius 3 is 2.95 bits per heavy atom. The number of hydrogen-bond acceptors (Lipinski definition) is 4. The van der Waals surface area contributed by atoms with Gasteiger partial charge in [-0.25, -0.2) is 0 Å². The van der Waals surface area contributed by atoms with Gasteiger partial charge in [0.1, 0.15) is 0 Å². The number of amides is 1. The minimum absolute atomic E-state index is 0.0906. The molecule has 0 aliphatic carbocycles. The Bertz CT molecular complexity index is 498. The molecule has 1 unspecified atom stereocenters. The van der Waals surface area contributed by atoms with Gasteiger partial charge in [0.2, 0.25) is 5.91 Å². The zero-order chi connectivity index (χ0) is 15.9. The van der Waals surface area contributed by atoms with E-state index in [2.05, 4.69) is 0 Å². The molecule has 1 saturated heterocycles. The molecule has 1 amide bonds. The summed E-state index contributed by atoms with van der Waals surface area (Å²) < 4.78 is 5.03. The van der Waals surface area contributed by atoms with Crippen LogP contribution < -0.4 is 0 Å². The highest BCUT2D eigenvalue weighted by molar-refractivity contribution is 6.30. The minimum Gasteiger partial charge on any atom is -0.387 e. The summed E-state index contributed by atoms with van der Waals surface area (Å²) in [5.74, 6) is 0.0906. The van der Waals surface area contributed by atoms with Gasteiger partial charge in [-0.3, -0.25) is 9.69 Å². The van der Waals surface area contributed by atoms with Crippen LogP contribution in [0.15, 0.2) is 24.3 Å². The van der Waals surface area contributed by atoms with Gasteiger partial charge in [0.05, 0.1) is 19.3 Å². The Morgan fingerprint density at radius 2 is 2.23 bits per heavy atom. The number of methoxy groups -OCH3 is 1. The summed E-state index contributed by atoms with van der Waals surface area (Å²) in [7, 11) is 1.63. The summed E-state index contributed by atoms with van der Waals surface area (Å²) in [6.45, 7) is 3.49. The Hall–Kier alpha value is -1.14. The van der Waals surface area contributed by atoms with Gasteiger partial charge in [-0.15, -0.1) is 0 Å². The molecule has 1 heterocycles. The fourth-order valence-corrected chi connectivity index (χ4v) is 2.84. The van der Waals surface area contributed by atoms with Crippen molar-refractivity contribution in [3.63, 3.8) is 0 Å². The van der Waals surface area contributed by atoms with Gasteiger partial charge in [-0.1, -0.05) is 23.7 Å². The molecule has 0 aromatic heterocycles. The summed E-state index contributed by atoms with van der Waals surface area (Å²) in [4.78, 5) is 16.1. The van der Waals surface area contributed by atoms with Crippen LogP contribution in [0.1, 0.15) is 18.1 Å². The van der Waals surface area contributed by atoms with E-state index in [1.165, 1.54) is 0 Å². The second-order valence-corrected chi connectivity index (χ2v) is 5.97. The average Bonchev–Trinajstić information content (AvgIpc) is 2.66. The number of β-amino-alcohol motifs (C(OH)–C–C–N with tert-alkyl or cyclic N) is 1. The number of ether oxygens (including phenoxy) is 1. The number of aliphatic hydroxyl groups excluding tert-OH is 1. The summed E-state index contributed by atoms with van der Waals surface area (Å²) >= 11 is 5.95. The predicted molar refractivity (Wildman–Crippen MR) is 85.9 cm³/mol. The molecular formula is C16H23ClN2O3. The van der Waals surface area contributed by atoms with E-state index >= 15 is 0 Å². The third-order valence-corrected chi connectivity index (χ3v) is 4.08. The van der Waals surface area contributed by atoms with Crippen molar-refractivity contribution in [2.75, 3.05) is 46.4 Å². The number of benzene rings is 1. The van der Waals surface area contributed by atoms with Crippen molar-refractivity contribution >= 4 is 17.5 Å². The van der Waals surface area contributed by atoms with E-state index in [4.69, 9.17) is 16.3 Å². The van der Waals surface area contributed by atoms with Crippen molar-refractivity contribution in [2.45, 2.75) is 12.5 Å². The first-order chi connectivity index (χ1) is 10.6. The number of carbonyl (C=O) groups is 1. The zero-order valence-electron chi connectivity index (χ0n) is 12.9. The number of halogens is 1. The van der Waals surface area contributed by atoms with E-state index in [-0.39, 0.29) is 5.91 Å². The number of carbonyl (C=O) groups excluding carboxylic acids is 1. The molecule has 0 radical (unpaired) electrons. The van der Waals surface area contributed by atoms with E-state index in [0.717, 1.165) is 25.1 Å². The van der Waals surface area contributed by atoms with Crippen molar-refractivity contribution < 1.29 is 14.6 Å². The molecule has 122 valence electrons. The Kier molecular flexibility index (Phi) is 6.64. The van der Waals surface area contributed by atoms with E-state index < -0.39 is 6.10 Å². The summed E-state index contributed by atoms with van der Waals surface area (Å²) in [5.41, 5.74) is 0.778. The lowest BCUT2D eigenvalue weighted by atomic mass is 10.1. The molecule has 1 aliphatic heterocycles. The van der Waals surface area contributed by atoms with Crippen LogP contribution in [0.2, 0.25) is 5.02 Å². The fourth-order valence-electron chi connectivity index (χ4n) is 2.64. The molecular weight excluding hydrogens is 304 g/mol. The summed E-state index contributed by atoms with van der Waals surface area (Å²) in [5, 5.41) is 10.9. The Balaban J connectivity index is 1.91. The molecule has 1 aliphatic rings. The molecule has 0 bridgehead atoms. The number of hydrogen-bond donors (Lipinski definition) is 1. The average molecular weight is 327 g/mol. The Morgan fingerprint density at radius 1 is 1.41 bits per heavy atom. The van der Waals surface area contributed by atoms with Crippen LogP contribution >= 0.6 is 11.6 Å². The standard InChI is InChI=1S/C16H23ClN2O3/c1-22-9-8-19-7-3-6-18(12-16(19)21)11-15(20)13-4-2-5-14(17)10-13/h2,4-5,10,15,20H,3,6-9,11-12H2,1H3. The molecule has 1 atom stereocenters. The maximum atomic E-state index is 12.2. The van der Waals surface area contributed by atoms with Crippen molar-refractivity contribution in [3.8, 4) is 0 Å². The molecule has 1 aromatic rings. The monoisotopic (exact) mass is 326 g/mol. The Labute approximate surface area is 136 Å². The van der Waals surface area contributed by atoms with Crippen molar-refractivity contribution in [3.05, 3.63) is 34.9 Å². The van der Waals surface area contributed by atoms with Gasteiger partial charge in [-0.05, 0) is 24.1 Å². The first kappa shape index (κ1) is 17.2. The van der Waals surface area contributed by atoms with Crippen LogP contribution in [-0.4, -0.2) is 67.3 Å². The van der Waals surface area contributed by atoms with Gasteiger partial charge in [0.15, 0.2) is 0 Å². The van der Waals surface area contributed by atoms with Gasteiger partial charge in [-0.2, -0.15) is 0 Å². The van der Waals surface area contributed by atoms with Crippen molar-refractivity contribution in [2.24, 2.45) is 0 Å². The third-order valence-electron chi connectivity index (χ3n) is 3.84. The molecule has 1 fully saturated rings. The van der Waals surface area contributed by atoms with Crippen LogP contribution in [0.4, 0.5) is 0 Å². The fraction of sp³-hybridized carbons (Fsp3) is 0.562. The number of nitrogens with zero attached hydrogens (tertiary/aromatic N) is 2. The van der Waals surface area contributed by atoms with Crippen LogP contribution in [-0.2, 0) is 9.53 Å². The SMILES string of the molecule is COCCN1CCCN(CC(O)c2cccc(Cl)c2)CC1=O. The lowest BCUT2D eigenvalue weighted by molar-refractivity contribution is -0.132. The predicted octanol–water partition coefficient (Wildman–Crippen LogP) is 1.55. The maximum absolute atomic E-state index is 12.2. The highest BCUT2D eigenvalue weighted by atomic mass is 35.5. The summed E-state index contributed by atoms with van der Waals surface area (Å²) in [6, 6.07) is 7.21. The molecule has 5 nitrogen and oxygen atoms in total. The highest BCUT2D eigenvalue weighted by Gasteiger charge is 2.23. The van der Waals surface area contributed by atoms with E-state index in [0.29, 0.717) is 31.3 Å². The molecule has 0 saturated carbocycles. The van der Waals surface area contributed by atoms with E-state index in [9.17, 15) is 9.90 Å². The molecule has 1 aromatic carbocycles. The smallest absolute Gasteiger partial charge is 0.236 e.